The van der Waals surface area contributed by atoms with E-state index in [1.165, 1.54) is 30.4 Å². The summed E-state index contributed by atoms with van der Waals surface area (Å²) in [6.45, 7) is 7.81. The molecule has 0 saturated carbocycles. The van der Waals surface area contributed by atoms with Crippen molar-refractivity contribution in [2.24, 2.45) is 0 Å². The number of hydrogen-bond acceptors (Lipinski definition) is 6. The predicted octanol–water partition coefficient (Wildman–Crippen LogP) is 3.39. The van der Waals surface area contributed by atoms with Crippen LogP contribution in [0.2, 0.25) is 0 Å². The first-order valence-electron chi connectivity index (χ1n) is 9.76. The van der Waals surface area contributed by atoms with Crippen LogP contribution in [0.5, 0.6) is 11.6 Å². The minimum atomic E-state index is 0.316. The molecule has 6 nitrogen and oxygen atoms in total. The highest BCUT2D eigenvalue weighted by Crippen LogP contribution is 2.37. The molecule has 4 rings (SSSR count). The largest absolute Gasteiger partial charge is 0.508 e. The number of hydrogen-bond donors (Lipinski definition) is 1. The molecule has 1 aromatic carbocycles. The number of phenolic OH excluding ortho intramolecular Hbond substituents is 1. The number of anilines is 1. The molecule has 0 aliphatic carbocycles. The maximum absolute atomic E-state index is 9.85. The summed E-state index contributed by atoms with van der Waals surface area (Å²) in [7, 11) is 1.66. The van der Waals surface area contributed by atoms with E-state index in [1.54, 1.807) is 13.2 Å². The van der Waals surface area contributed by atoms with Crippen molar-refractivity contribution in [3.63, 3.8) is 0 Å². The van der Waals surface area contributed by atoms with Gasteiger partial charge in [0, 0.05) is 43.3 Å². The van der Waals surface area contributed by atoms with Crippen LogP contribution in [0.4, 0.5) is 5.82 Å². The van der Waals surface area contributed by atoms with Gasteiger partial charge in [-0.1, -0.05) is 6.07 Å². The van der Waals surface area contributed by atoms with Crippen LogP contribution in [0, 0.1) is 6.92 Å². The van der Waals surface area contributed by atoms with Gasteiger partial charge in [-0.05, 0) is 56.4 Å². The van der Waals surface area contributed by atoms with Gasteiger partial charge in [-0.3, -0.25) is 4.90 Å². The maximum Gasteiger partial charge on any atom is 0.238 e. The highest BCUT2D eigenvalue weighted by Gasteiger charge is 2.31. The lowest BCUT2D eigenvalue weighted by Crippen LogP contribution is -2.39. The number of rotatable bonds is 4. The summed E-state index contributed by atoms with van der Waals surface area (Å²) in [6.07, 6.45) is 3.69. The molecule has 0 unspecified atom stereocenters. The summed E-state index contributed by atoms with van der Waals surface area (Å²) in [5, 5.41) is 18.8. The Morgan fingerprint density at radius 1 is 1.19 bits per heavy atom. The minimum Gasteiger partial charge on any atom is -0.508 e. The fourth-order valence-corrected chi connectivity index (χ4v) is 4.30. The Morgan fingerprint density at radius 3 is 2.78 bits per heavy atom. The lowest BCUT2D eigenvalue weighted by molar-refractivity contribution is 0.271. The van der Waals surface area contributed by atoms with Crippen LogP contribution in [0.1, 0.15) is 48.4 Å². The van der Waals surface area contributed by atoms with E-state index in [2.05, 4.69) is 33.8 Å². The number of methoxy groups -OCH3 is 1. The first-order chi connectivity index (χ1) is 13.1. The van der Waals surface area contributed by atoms with Crippen molar-refractivity contribution in [3.8, 4) is 11.6 Å². The third-order valence-electron chi connectivity index (χ3n) is 5.89. The number of phenols is 1. The van der Waals surface area contributed by atoms with Crippen molar-refractivity contribution in [2.45, 2.75) is 58.8 Å². The zero-order valence-electron chi connectivity index (χ0n) is 16.4. The van der Waals surface area contributed by atoms with E-state index in [4.69, 9.17) is 4.74 Å². The molecule has 1 fully saturated rings. The van der Waals surface area contributed by atoms with Gasteiger partial charge in [0.1, 0.15) is 5.75 Å². The second-order valence-electron chi connectivity index (χ2n) is 7.78. The first kappa shape index (κ1) is 18.0. The molecule has 0 bridgehead atoms. The average Bonchev–Trinajstić information content (AvgIpc) is 3.08. The molecule has 6 heteroatoms. The number of nitrogens with zero attached hydrogens (tertiary/aromatic N) is 4. The number of piperidine rings is 1. The highest BCUT2D eigenvalue weighted by molar-refractivity contribution is 5.55. The zero-order valence-corrected chi connectivity index (χ0v) is 16.4. The van der Waals surface area contributed by atoms with Crippen LogP contribution in [-0.4, -0.2) is 39.9 Å². The summed E-state index contributed by atoms with van der Waals surface area (Å²) < 4.78 is 5.51. The molecule has 3 heterocycles. The number of aromatic nitrogens is 2. The van der Waals surface area contributed by atoms with E-state index in [9.17, 15) is 5.11 Å². The van der Waals surface area contributed by atoms with Crippen LogP contribution in [-0.2, 0) is 19.6 Å². The molecule has 144 valence electrons. The Hall–Kier alpha value is -2.34. The second kappa shape index (κ2) is 7.35. The van der Waals surface area contributed by atoms with E-state index in [0.717, 1.165) is 43.1 Å². The molecule has 2 aliphatic heterocycles. The third kappa shape index (κ3) is 3.46. The number of fused-ring (bicyclic) bond motifs is 1. The Labute approximate surface area is 160 Å². The van der Waals surface area contributed by atoms with Crippen molar-refractivity contribution in [1.29, 1.82) is 0 Å². The van der Waals surface area contributed by atoms with Crippen molar-refractivity contribution >= 4 is 5.82 Å². The Morgan fingerprint density at radius 2 is 2.00 bits per heavy atom. The monoisotopic (exact) mass is 368 g/mol. The lowest BCUT2D eigenvalue weighted by atomic mass is 10.0. The quantitative estimate of drug-likeness (QED) is 0.893. The molecule has 0 amide bonds. The van der Waals surface area contributed by atoms with E-state index in [1.807, 2.05) is 12.1 Å². The van der Waals surface area contributed by atoms with E-state index < -0.39 is 0 Å². The van der Waals surface area contributed by atoms with Gasteiger partial charge in [0.15, 0.2) is 5.82 Å². The predicted molar refractivity (Wildman–Crippen MR) is 105 cm³/mol. The summed E-state index contributed by atoms with van der Waals surface area (Å²) in [4.78, 5) is 4.79. The minimum absolute atomic E-state index is 0.316. The van der Waals surface area contributed by atoms with Crippen molar-refractivity contribution in [2.75, 3.05) is 18.6 Å². The standard InChI is InChI=1S/C21H28N4O2/c1-14-7-8-17(26)10-16(14)11-24-12-18-19(13-24)21(27-3)23-22-20(18)25-9-5-4-6-15(25)2/h7-8,10,15,26H,4-6,9,11-13H2,1-3H3/t15-/m0/s1. The summed E-state index contributed by atoms with van der Waals surface area (Å²) >= 11 is 0. The Kier molecular flexibility index (Phi) is 4.91. The molecule has 2 aromatic rings. The SMILES string of the molecule is COc1nnc(N2CCCC[C@@H]2C)c2c1CN(Cc1cc(O)ccc1C)C2. The fraction of sp³-hybridized carbons (Fsp3) is 0.524. The van der Waals surface area contributed by atoms with Crippen molar-refractivity contribution < 1.29 is 9.84 Å². The smallest absolute Gasteiger partial charge is 0.238 e. The number of aromatic hydroxyl groups is 1. The van der Waals surface area contributed by atoms with Gasteiger partial charge in [-0.2, -0.15) is 0 Å². The lowest BCUT2D eigenvalue weighted by Gasteiger charge is -2.35. The first-order valence-corrected chi connectivity index (χ1v) is 9.76. The van der Waals surface area contributed by atoms with Crippen LogP contribution in [0.3, 0.4) is 0 Å². The van der Waals surface area contributed by atoms with Crippen LogP contribution < -0.4 is 9.64 Å². The third-order valence-corrected chi connectivity index (χ3v) is 5.89. The topological polar surface area (TPSA) is 61.7 Å². The van der Waals surface area contributed by atoms with E-state index >= 15 is 0 Å². The van der Waals surface area contributed by atoms with Gasteiger partial charge in [0.05, 0.1) is 7.11 Å². The number of aryl methyl sites for hydroxylation is 1. The Bertz CT molecular complexity index is 839. The zero-order chi connectivity index (χ0) is 19.0. The summed E-state index contributed by atoms with van der Waals surface area (Å²) in [5.74, 6) is 1.97. The van der Waals surface area contributed by atoms with Gasteiger partial charge in [-0.25, -0.2) is 0 Å². The average molecular weight is 368 g/mol. The second-order valence-corrected chi connectivity index (χ2v) is 7.78. The molecule has 2 aliphatic rings. The molecule has 1 saturated heterocycles. The van der Waals surface area contributed by atoms with Crippen LogP contribution >= 0.6 is 0 Å². The van der Waals surface area contributed by atoms with E-state index in [-0.39, 0.29) is 0 Å². The fourth-order valence-electron chi connectivity index (χ4n) is 4.30. The summed E-state index contributed by atoms with van der Waals surface area (Å²) in [5.41, 5.74) is 4.74. The van der Waals surface area contributed by atoms with Crippen molar-refractivity contribution in [3.05, 3.63) is 40.5 Å². The van der Waals surface area contributed by atoms with Crippen molar-refractivity contribution in [1.82, 2.24) is 15.1 Å². The Balaban J connectivity index is 1.63. The molecule has 1 atom stereocenters. The molecule has 27 heavy (non-hydrogen) atoms. The molecule has 1 N–H and O–H groups in total. The summed E-state index contributed by atoms with van der Waals surface area (Å²) in [6, 6.07) is 6.07. The molecule has 0 spiro atoms. The number of ether oxygens (including phenoxy) is 1. The van der Waals surface area contributed by atoms with Crippen LogP contribution in [0.25, 0.3) is 0 Å². The normalized spacial score (nSPS) is 20.0. The molecule has 0 radical (unpaired) electrons. The van der Waals surface area contributed by atoms with Gasteiger partial charge < -0.3 is 14.7 Å². The highest BCUT2D eigenvalue weighted by atomic mass is 16.5. The van der Waals surface area contributed by atoms with Gasteiger partial charge in [0.2, 0.25) is 5.88 Å². The van der Waals surface area contributed by atoms with E-state index in [0.29, 0.717) is 17.7 Å². The maximum atomic E-state index is 9.85. The van der Waals surface area contributed by atoms with Crippen LogP contribution in [0.15, 0.2) is 18.2 Å². The number of benzene rings is 1. The molecular formula is C21H28N4O2. The van der Waals surface area contributed by atoms with Gasteiger partial charge >= 0.3 is 0 Å². The molecular weight excluding hydrogens is 340 g/mol. The van der Waals surface area contributed by atoms with Gasteiger partial charge in [-0.15, -0.1) is 10.2 Å². The van der Waals surface area contributed by atoms with Gasteiger partial charge in [0.25, 0.3) is 0 Å². The molecule has 1 aromatic heterocycles.